The van der Waals surface area contributed by atoms with Crippen molar-refractivity contribution >= 4 is 11.6 Å². The lowest BCUT2D eigenvalue weighted by atomic mass is 9.82. The average Bonchev–Trinajstić information content (AvgIpc) is 2.37. The first-order valence-corrected chi connectivity index (χ1v) is 7.27. The van der Waals surface area contributed by atoms with Crippen molar-refractivity contribution in [1.29, 1.82) is 0 Å². The number of carbonyl (C=O) groups is 1. The maximum atomic E-state index is 11.9. The molecule has 0 bridgehead atoms. The summed E-state index contributed by atoms with van der Waals surface area (Å²) in [6.45, 7) is 4.51. The summed E-state index contributed by atoms with van der Waals surface area (Å²) in [5.74, 6) is 1.77. The number of rotatable bonds is 3. The molecule has 20 heavy (non-hydrogen) atoms. The van der Waals surface area contributed by atoms with E-state index in [1.165, 1.54) is 6.42 Å². The van der Waals surface area contributed by atoms with Crippen molar-refractivity contribution in [2.75, 3.05) is 12.8 Å². The zero-order chi connectivity index (χ0) is 14.7. The highest BCUT2D eigenvalue weighted by molar-refractivity contribution is 5.97. The lowest BCUT2D eigenvalue weighted by Gasteiger charge is -2.32. The molecule has 0 aliphatic heterocycles. The van der Waals surface area contributed by atoms with Gasteiger partial charge in [0.1, 0.15) is 5.75 Å². The number of nitrogens with two attached hydrogens (primary N) is 1. The topological polar surface area (TPSA) is 64.4 Å². The Morgan fingerprint density at radius 1 is 1.25 bits per heavy atom. The summed E-state index contributed by atoms with van der Waals surface area (Å²) in [6.07, 6.45) is 3.48. The molecule has 4 heteroatoms. The summed E-state index contributed by atoms with van der Waals surface area (Å²) in [5, 5.41) is 2.64. The maximum Gasteiger partial charge on any atom is 0.254 e. The molecule has 2 atom stereocenters. The predicted molar refractivity (Wildman–Crippen MR) is 80.8 cm³/mol. The molecule has 3 N–H and O–H groups in total. The molecule has 0 aromatic heterocycles. The van der Waals surface area contributed by atoms with Crippen LogP contribution in [-0.2, 0) is 0 Å². The van der Waals surface area contributed by atoms with E-state index in [1.54, 1.807) is 25.2 Å². The van der Waals surface area contributed by atoms with Crippen LogP contribution in [0.25, 0.3) is 0 Å². The van der Waals surface area contributed by atoms with Crippen LogP contribution >= 0.6 is 0 Å². The number of anilines is 1. The number of hydrogen-bond acceptors (Lipinski definition) is 3. The minimum Gasteiger partial charge on any atom is -0.489 e. The van der Waals surface area contributed by atoms with Crippen LogP contribution in [0.5, 0.6) is 5.75 Å². The summed E-state index contributed by atoms with van der Waals surface area (Å²) in [6, 6.07) is 5.19. The lowest BCUT2D eigenvalue weighted by molar-refractivity contribution is 0.0910. The van der Waals surface area contributed by atoms with E-state index in [-0.39, 0.29) is 12.0 Å². The van der Waals surface area contributed by atoms with Gasteiger partial charge in [-0.2, -0.15) is 0 Å². The van der Waals surface area contributed by atoms with Gasteiger partial charge >= 0.3 is 0 Å². The molecule has 1 aromatic rings. The Kier molecular flexibility index (Phi) is 4.53. The number of nitrogen functional groups attached to an aromatic ring is 1. The zero-order valence-corrected chi connectivity index (χ0v) is 12.5. The summed E-state index contributed by atoms with van der Waals surface area (Å²) in [5.41, 5.74) is 6.98. The Balaban J connectivity index is 2.19. The van der Waals surface area contributed by atoms with Crippen LogP contribution in [0.2, 0.25) is 0 Å². The first-order chi connectivity index (χ1) is 9.49. The van der Waals surface area contributed by atoms with Crippen molar-refractivity contribution < 1.29 is 9.53 Å². The number of ether oxygens (including phenoxy) is 1. The molecule has 1 aliphatic rings. The van der Waals surface area contributed by atoms with Gasteiger partial charge in [-0.25, -0.2) is 0 Å². The molecule has 0 saturated heterocycles. The van der Waals surface area contributed by atoms with E-state index in [0.29, 0.717) is 28.8 Å². The molecule has 1 aliphatic carbocycles. The van der Waals surface area contributed by atoms with Crippen molar-refractivity contribution in [3.63, 3.8) is 0 Å². The molecule has 1 amide bonds. The molecular weight excluding hydrogens is 252 g/mol. The van der Waals surface area contributed by atoms with E-state index < -0.39 is 0 Å². The molecule has 2 rings (SSSR count). The SMILES string of the molecule is CNC(=O)c1ccc(N)cc1OC1CC(C)CC(C)C1. The molecule has 0 heterocycles. The van der Waals surface area contributed by atoms with Gasteiger partial charge in [0.15, 0.2) is 0 Å². The minimum atomic E-state index is -0.142. The first kappa shape index (κ1) is 14.7. The van der Waals surface area contributed by atoms with E-state index >= 15 is 0 Å². The standard InChI is InChI=1S/C16H24N2O2/c1-10-6-11(2)8-13(7-10)20-15-9-12(17)4-5-14(15)16(19)18-3/h4-5,9-11,13H,6-8,17H2,1-3H3,(H,18,19). The van der Waals surface area contributed by atoms with E-state index in [0.717, 1.165) is 12.8 Å². The van der Waals surface area contributed by atoms with Gasteiger partial charge in [-0.05, 0) is 43.2 Å². The van der Waals surface area contributed by atoms with Gasteiger partial charge in [-0.1, -0.05) is 13.8 Å². The van der Waals surface area contributed by atoms with Crippen LogP contribution in [-0.4, -0.2) is 19.1 Å². The summed E-state index contributed by atoms with van der Waals surface area (Å²) in [7, 11) is 1.62. The van der Waals surface area contributed by atoms with Crippen molar-refractivity contribution in [2.24, 2.45) is 11.8 Å². The molecule has 1 fully saturated rings. The van der Waals surface area contributed by atoms with Gasteiger partial charge in [0, 0.05) is 18.8 Å². The van der Waals surface area contributed by atoms with E-state index in [1.807, 2.05) is 0 Å². The monoisotopic (exact) mass is 276 g/mol. The number of benzene rings is 1. The largest absolute Gasteiger partial charge is 0.489 e. The fourth-order valence-corrected chi connectivity index (χ4v) is 3.11. The molecule has 2 unspecified atom stereocenters. The molecular formula is C16H24N2O2. The Morgan fingerprint density at radius 3 is 2.50 bits per heavy atom. The van der Waals surface area contributed by atoms with Crippen LogP contribution < -0.4 is 15.8 Å². The van der Waals surface area contributed by atoms with Gasteiger partial charge in [0.05, 0.1) is 11.7 Å². The molecule has 4 nitrogen and oxygen atoms in total. The van der Waals surface area contributed by atoms with E-state index in [2.05, 4.69) is 19.2 Å². The predicted octanol–water partition coefficient (Wildman–Crippen LogP) is 2.83. The van der Waals surface area contributed by atoms with Crippen LogP contribution in [0.4, 0.5) is 5.69 Å². The van der Waals surface area contributed by atoms with Gasteiger partial charge in [-0.3, -0.25) is 4.79 Å². The van der Waals surface area contributed by atoms with Crippen LogP contribution in [0.3, 0.4) is 0 Å². The molecule has 110 valence electrons. The quantitative estimate of drug-likeness (QED) is 0.834. The van der Waals surface area contributed by atoms with Crippen molar-refractivity contribution in [3.05, 3.63) is 23.8 Å². The molecule has 1 aromatic carbocycles. The highest BCUT2D eigenvalue weighted by atomic mass is 16.5. The normalized spacial score (nSPS) is 26.1. The third-order valence-electron chi connectivity index (χ3n) is 3.91. The second-order valence-corrected chi connectivity index (χ2v) is 5.99. The summed E-state index contributed by atoms with van der Waals surface area (Å²) >= 11 is 0. The van der Waals surface area contributed by atoms with Gasteiger partial charge in [0.25, 0.3) is 5.91 Å². The van der Waals surface area contributed by atoms with Crippen molar-refractivity contribution in [3.8, 4) is 5.75 Å². The van der Waals surface area contributed by atoms with E-state index in [4.69, 9.17) is 10.5 Å². The molecule has 0 radical (unpaired) electrons. The number of hydrogen-bond donors (Lipinski definition) is 2. The average molecular weight is 276 g/mol. The Morgan fingerprint density at radius 2 is 1.90 bits per heavy atom. The molecule has 1 saturated carbocycles. The van der Waals surface area contributed by atoms with Gasteiger partial charge in [0.2, 0.25) is 0 Å². The van der Waals surface area contributed by atoms with Crippen LogP contribution in [0.15, 0.2) is 18.2 Å². The number of carbonyl (C=O) groups excluding carboxylic acids is 1. The Labute approximate surface area is 120 Å². The summed E-state index contributed by atoms with van der Waals surface area (Å²) in [4.78, 5) is 11.9. The lowest BCUT2D eigenvalue weighted by Crippen LogP contribution is -2.29. The van der Waals surface area contributed by atoms with Gasteiger partial charge < -0.3 is 15.8 Å². The Hall–Kier alpha value is -1.71. The van der Waals surface area contributed by atoms with Crippen LogP contribution in [0.1, 0.15) is 43.5 Å². The second kappa shape index (κ2) is 6.16. The highest BCUT2D eigenvalue weighted by Gasteiger charge is 2.26. The molecule has 0 spiro atoms. The minimum absolute atomic E-state index is 0.142. The van der Waals surface area contributed by atoms with Gasteiger partial charge in [-0.15, -0.1) is 0 Å². The number of nitrogens with one attached hydrogen (secondary N) is 1. The third kappa shape index (κ3) is 3.44. The van der Waals surface area contributed by atoms with Crippen molar-refractivity contribution in [1.82, 2.24) is 5.32 Å². The fourth-order valence-electron chi connectivity index (χ4n) is 3.11. The second-order valence-electron chi connectivity index (χ2n) is 5.99. The zero-order valence-electron chi connectivity index (χ0n) is 12.5. The summed E-state index contributed by atoms with van der Waals surface area (Å²) < 4.78 is 6.09. The third-order valence-corrected chi connectivity index (χ3v) is 3.91. The first-order valence-electron chi connectivity index (χ1n) is 7.27. The Bertz CT molecular complexity index is 477. The highest BCUT2D eigenvalue weighted by Crippen LogP contribution is 2.33. The smallest absolute Gasteiger partial charge is 0.254 e. The number of amides is 1. The maximum absolute atomic E-state index is 11.9. The van der Waals surface area contributed by atoms with Crippen molar-refractivity contribution in [2.45, 2.75) is 39.2 Å². The fraction of sp³-hybridized carbons (Fsp3) is 0.562. The van der Waals surface area contributed by atoms with E-state index in [9.17, 15) is 4.79 Å². The van der Waals surface area contributed by atoms with Crippen LogP contribution in [0, 0.1) is 11.8 Å².